The minimum atomic E-state index is -0.440. The van der Waals surface area contributed by atoms with Crippen molar-refractivity contribution in [3.63, 3.8) is 0 Å². The Balaban J connectivity index is 1.99. The molecule has 1 aliphatic rings. The highest BCUT2D eigenvalue weighted by Crippen LogP contribution is 2.37. The van der Waals surface area contributed by atoms with Crippen molar-refractivity contribution < 1.29 is 13.9 Å². The third-order valence-electron chi connectivity index (χ3n) is 4.18. The smallest absolute Gasteiger partial charge is 0.314 e. The Morgan fingerprint density at radius 2 is 1.91 bits per heavy atom. The number of aryl methyl sites for hydroxylation is 1. The van der Waals surface area contributed by atoms with E-state index < -0.39 is 5.82 Å². The molecule has 2 aromatic rings. The summed E-state index contributed by atoms with van der Waals surface area (Å²) in [4.78, 5) is 12.0. The molecule has 22 heavy (non-hydrogen) atoms. The molecule has 0 amide bonds. The highest BCUT2D eigenvalue weighted by Gasteiger charge is 2.30. The molecule has 0 radical (unpaired) electrons. The summed E-state index contributed by atoms with van der Waals surface area (Å²) in [6, 6.07) is 11.3. The number of hydrogen-bond donors (Lipinski definition) is 0. The van der Waals surface area contributed by atoms with E-state index in [1.165, 1.54) is 0 Å². The van der Waals surface area contributed by atoms with E-state index in [-0.39, 0.29) is 17.6 Å². The lowest BCUT2D eigenvalue weighted by Crippen LogP contribution is -2.28. The number of benzene rings is 2. The molecule has 3 heteroatoms. The van der Waals surface area contributed by atoms with Gasteiger partial charge in [-0.1, -0.05) is 55.3 Å². The first-order valence-corrected chi connectivity index (χ1v) is 7.70. The molecule has 0 aliphatic carbocycles. The molecular formula is C19H19FO2. The maximum absolute atomic E-state index is 14.7. The molecule has 0 saturated heterocycles. The topological polar surface area (TPSA) is 26.3 Å². The summed E-state index contributed by atoms with van der Waals surface area (Å²) >= 11 is 0. The molecule has 2 aromatic carbocycles. The first-order chi connectivity index (χ1) is 10.6. The second kappa shape index (κ2) is 5.91. The summed E-state index contributed by atoms with van der Waals surface area (Å²) in [5, 5.41) is 0. The first-order valence-electron chi connectivity index (χ1n) is 7.70. The van der Waals surface area contributed by atoms with Crippen LogP contribution < -0.4 is 4.74 Å². The largest absolute Gasteiger partial charge is 0.423 e. The van der Waals surface area contributed by atoms with E-state index in [9.17, 15) is 9.18 Å². The summed E-state index contributed by atoms with van der Waals surface area (Å²) in [6.45, 7) is 4.02. The van der Waals surface area contributed by atoms with Crippen LogP contribution in [0.5, 0.6) is 5.75 Å². The number of fused-ring (bicyclic) bond motifs is 1. The molecule has 0 fully saturated rings. The number of esters is 1. The Bertz CT molecular complexity index is 704. The van der Waals surface area contributed by atoms with E-state index in [4.69, 9.17) is 4.74 Å². The number of carbonyl (C=O) groups is 1. The van der Waals surface area contributed by atoms with Gasteiger partial charge < -0.3 is 4.74 Å². The highest BCUT2D eigenvalue weighted by molar-refractivity contribution is 5.79. The fraction of sp³-hybridized carbons (Fsp3) is 0.316. The van der Waals surface area contributed by atoms with Crippen molar-refractivity contribution in [2.75, 3.05) is 0 Å². The molecule has 1 atom stereocenters. The van der Waals surface area contributed by atoms with Crippen LogP contribution in [0.15, 0.2) is 36.4 Å². The Kier molecular flexibility index (Phi) is 3.97. The molecule has 0 bridgehead atoms. The molecular weight excluding hydrogens is 279 g/mol. The number of carbonyl (C=O) groups excluding carboxylic acids is 1. The van der Waals surface area contributed by atoms with Gasteiger partial charge in [0, 0.05) is 5.56 Å². The van der Waals surface area contributed by atoms with Gasteiger partial charge >= 0.3 is 5.97 Å². The third kappa shape index (κ3) is 2.63. The van der Waals surface area contributed by atoms with Gasteiger partial charge in [0.05, 0.1) is 5.92 Å². The van der Waals surface area contributed by atoms with Crippen LogP contribution in [0.3, 0.4) is 0 Å². The van der Waals surface area contributed by atoms with Crippen molar-refractivity contribution in [3.8, 4) is 16.9 Å². The van der Waals surface area contributed by atoms with Crippen LogP contribution in [0.2, 0.25) is 0 Å². The van der Waals surface area contributed by atoms with Crippen LogP contribution in [0.25, 0.3) is 11.1 Å². The quantitative estimate of drug-likeness (QED) is 0.607. The lowest BCUT2D eigenvalue weighted by atomic mass is 9.90. The average molecular weight is 298 g/mol. The van der Waals surface area contributed by atoms with Gasteiger partial charge in [-0.2, -0.15) is 0 Å². The molecule has 0 spiro atoms. The summed E-state index contributed by atoms with van der Waals surface area (Å²) in [5.41, 5.74) is 3.17. The first kappa shape index (κ1) is 14.8. The minimum Gasteiger partial charge on any atom is -0.423 e. The second-order valence-corrected chi connectivity index (χ2v) is 5.89. The van der Waals surface area contributed by atoms with Crippen molar-refractivity contribution in [3.05, 3.63) is 53.3 Å². The van der Waals surface area contributed by atoms with Crippen LogP contribution in [0.1, 0.15) is 30.9 Å². The summed E-state index contributed by atoms with van der Waals surface area (Å²) in [6.07, 6.45) is 2.26. The number of halogens is 1. The van der Waals surface area contributed by atoms with Crippen LogP contribution in [-0.4, -0.2) is 5.97 Å². The van der Waals surface area contributed by atoms with E-state index in [0.717, 1.165) is 29.5 Å². The van der Waals surface area contributed by atoms with E-state index >= 15 is 0 Å². The standard InChI is InChI=1S/C19H19FO2/c1-3-4-15-11-14-9-10-16(13-7-5-12(2)6-8-13)17(20)18(14)22-19(15)21/h5-10,15H,3-4,11H2,1-2H3. The van der Waals surface area contributed by atoms with E-state index in [0.29, 0.717) is 12.0 Å². The summed E-state index contributed by atoms with van der Waals surface area (Å²) in [7, 11) is 0. The van der Waals surface area contributed by atoms with Crippen molar-refractivity contribution in [1.29, 1.82) is 0 Å². The number of rotatable bonds is 3. The fourth-order valence-electron chi connectivity index (χ4n) is 2.92. The molecule has 1 unspecified atom stereocenters. The van der Waals surface area contributed by atoms with Gasteiger partial charge in [-0.15, -0.1) is 0 Å². The van der Waals surface area contributed by atoms with Crippen molar-refractivity contribution >= 4 is 5.97 Å². The van der Waals surface area contributed by atoms with Gasteiger partial charge in [0.1, 0.15) is 0 Å². The van der Waals surface area contributed by atoms with Gasteiger partial charge in [-0.05, 0) is 30.9 Å². The van der Waals surface area contributed by atoms with Gasteiger partial charge in [-0.25, -0.2) is 4.39 Å². The van der Waals surface area contributed by atoms with E-state index in [1.807, 2.05) is 44.2 Å². The molecule has 0 saturated carbocycles. The molecule has 114 valence electrons. The lowest BCUT2D eigenvalue weighted by Gasteiger charge is -2.24. The zero-order valence-electron chi connectivity index (χ0n) is 12.9. The lowest BCUT2D eigenvalue weighted by molar-refractivity contribution is -0.140. The van der Waals surface area contributed by atoms with Gasteiger partial charge in [0.2, 0.25) is 0 Å². The molecule has 3 rings (SSSR count). The molecule has 1 heterocycles. The Labute approximate surface area is 129 Å². The van der Waals surface area contributed by atoms with Crippen LogP contribution in [0.4, 0.5) is 4.39 Å². The predicted octanol–water partition coefficient (Wildman–Crippen LogP) is 4.68. The SMILES string of the molecule is CCCC1Cc2ccc(-c3ccc(C)cc3)c(F)c2OC1=O. The Hall–Kier alpha value is -2.16. The minimum absolute atomic E-state index is 0.107. The predicted molar refractivity (Wildman–Crippen MR) is 84.3 cm³/mol. The maximum Gasteiger partial charge on any atom is 0.314 e. The van der Waals surface area contributed by atoms with E-state index in [2.05, 4.69) is 0 Å². The summed E-state index contributed by atoms with van der Waals surface area (Å²) < 4.78 is 20.0. The van der Waals surface area contributed by atoms with Crippen molar-refractivity contribution in [2.24, 2.45) is 5.92 Å². The third-order valence-corrected chi connectivity index (χ3v) is 4.18. The zero-order valence-corrected chi connectivity index (χ0v) is 12.9. The monoisotopic (exact) mass is 298 g/mol. The fourth-order valence-corrected chi connectivity index (χ4v) is 2.92. The molecule has 0 N–H and O–H groups in total. The molecule has 2 nitrogen and oxygen atoms in total. The van der Waals surface area contributed by atoms with Crippen LogP contribution in [0, 0.1) is 18.7 Å². The van der Waals surface area contributed by atoms with Crippen molar-refractivity contribution in [1.82, 2.24) is 0 Å². The second-order valence-electron chi connectivity index (χ2n) is 5.89. The number of ether oxygens (including phenoxy) is 1. The molecule has 1 aliphatic heterocycles. The van der Waals surface area contributed by atoms with Crippen molar-refractivity contribution in [2.45, 2.75) is 33.1 Å². The highest BCUT2D eigenvalue weighted by atomic mass is 19.1. The van der Waals surface area contributed by atoms with E-state index in [1.54, 1.807) is 6.07 Å². The van der Waals surface area contributed by atoms with Gasteiger partial charge in [-0.3, -0.25) is 4.79 Å². The molecule has 0 aromatic heterocycles. The average Bonchev–Trinajstić information content (AvgIpc) is 2.51. The normalized spacial score (nSPS) is 17.0. The Morgan fingerprint density at radius 3 is 2.59 bits per heavy atom. The number of hydrogen-bond acceptors (Lipinski definition) is 2. The van der Waals surface area contributed by atoms with Gasteiger partial charge in [0.15, 0.2) is 11.6 Å². The Morgan fingerprint density at radius 1 is 1.18 bits per heavy atom. The zero-order chi connectivity index (χ0) is 15.7. The maximum atomic E-state index is 14.7. The van der Waals surface area contributed by atoms with Gasteiger partial charge in [0.25, 0.3) is 0 Å². The van der Waals surface area contributed by atoms with Crippen LogP contribution in [-0.2, 0) is 11.2 Å². The summed E-state index contributed by atoms with van der Waals surface area (Å²) in [5.74, 6) is -0.795. The van der Waals surface area contributed by atoms with Crippen LogP contribution >= 0.6 is 0 Å².